The molecule has 1 atom stereocenters. The average Bonchev–Trinajstić information content (AvgIpc) is 2.62. The standard InChI is InChI=1S/C22H23NO2/c1-15-8-9-16(2)21(12-15)25-14-22(24)23-17(3)19-11-10-18-6-4-5-7-20(18)13-19/h4-13,17H,14H2,1-3H3,(H,23,24)/t17-/m1/s1. The lowest BCUT2D eigenvalue weighted by molar-refractivity contribution is -0.123. The lowest BCUT2D eigenvalue weighted by Gasteiger charge is -2.16. The van der Waals surface area contributed by atoms with Gasteiger partial charge in [0.1, 0.15) is 5.75 Å². The van der Waals surface area contributed by atoms with E-state index in [9.17, 15) is 4.79 Å². The van der Waals surface area contributed by atoms with Gasteiger partial charge >= 0.3 is 0 Å². The monoisotopic (exact) mass is 333 g/mol. The van der Waals surface area contributed by atoms with Crippen LogP contribution in [0.4, 0.5) is 0 Å². The smallest absolute Gasteiger partial charge is 0.258 e. The second-order valence-corrected chi connectivity index (χ2v) is 6.45. The Morgan fingerprint density at radius 1 is 1.00 bits per heavy atom. The third-order valence-corrected chi connectivity index (χ3v) is 4.35. The number of amides is 1. The fourth-order valence-electron chi connectivity index (χ4n) is 2.85. The van der Waals surface area contributed by atoms with Crippen molar-refractivity contribution in [2.75, 3.05) is 6.61 Å². The molecule has 1 N–H and O–H groups in total. The van der Waals surface area contributed by atoms with Crippen LogP contribution in [-0.4, -0.2) is 12.5 Å². The first-order chi connectivity index (χ1) is 12.0. The molecule has 0 radical (unpaired) electrons. The van der Waals surface area contributed by atoms with Crippen LogP contribution < -0.4 is 10.1 Å². The summed E-state index contributed by atoms with van der Waals surface area (Å²) in [5.41, 5.74) is 3.23. The van der Waals surface area contributed by atoms with E-state index in [1.807, 2.05) is 51.1 Å². The molecule has 0 aliphatic heterocycles. The molecule has 0 saturated carbocycles. The fraction of sp³-hybridized carbons (Fsp3) is 0.227. The number of aryl methyl sites for hydroxylation is 2. The molecule has 0 spiro atoms. The molecule has 128 valence electrons. The number of ether oxygens (including phenoxy) is 1. The van der Waals surface area contributed by atoms with Gasteiger partial charge in [-0.2, -0.15) is 0 Å². The van der Waals surface area contributed by atoms with Crippen molar-refractivity contribution in [2.24, 2.45) is 0 Å². The van der Waals surface area contributed by atoms with Crippen molar-refractivity contribution in [2.45, 2.75) is 26.8 Å². The van der Waals surface area contributed by atoms with Crippen molar-refractivity contribution < 1.29 is 9.53 Å². The third kappa shape index (κ3) is 4.18. The van der Waals surface area contributed by atoms with Gasteiger partial charge in [0.2, 0.25) is 0 Å². The number of fused-ring (bicyclic) bond motifs is 1. The van der Waals surface area contributed by atoms with Crippen LogP contribution in [0.15, 0.2) is 60.7 Å². The molecular weight excluding hydrogens is 310 g/mol. The Labute approximate surface area is 148 Å². The largest absolute Gasteiger partial charge is 0.483 e. The summed E-state index contributed by atoms with van der Waals surface area (Å²) in [4.78, 5) is 12.2. The van der Waals surface area contributed by atoms with Crippen LogP contribution in [-0.2, 0) is 4.79 Å². The Hall–Kier alpha value is -2.81. The molecular formula is C22H23NO2. The second-order valence-electron chi connectivity index (χ2n) is 6.45. The molecule has 0 bridgehead atoms. The van der Waals surface area contributed by atoms with E-state index in [1.54, 1.807) is 0 Å². The summed E-state index contributed by atoms with van der Waals surface area (Å²) in [5.74, 6) is 0.634. The van der Waals surface area contributed by atoms with E-state index in [0.29, 0.717) is 0 Å². The maximum Gasteiger partial charge on any atom is 0.258 e. The SMILES string of the molecule is Cc1ccc(C)c(OCC(=O)N[C@H](C)c2ccc3ccccc3c2)c1. The van der Waals surface area contributed by atoms with Gasteiger partial charge in [-0.1, -0.05) is 48.5 Å². The van der Waals surface area contributed by atoms with Crippen molar-refractivity contribution in [3.8, 4) is 5.75 Å². The summed E-state index contributed by atoms with van der Waals surface area (Å²) in [6.45, 7) is 5.99. The summed E-state index contributed by atoms with van der Waals surface area (Å²) in [5, 5.41) is 5.37. The highest BCUT2D eigenvalue weighted by Crippen LogP contribution is 2.21. The first-order valence-electron chi connectivity index (χ1n) is 8.51. The van der Waals surface area contributed by atoms with Crippen molar-refractivity contribution in [1.29, 1.82) is 0 Å². The molecule has 0 aliphatic rings. The number of benzene rings is 3. The highest BCUT2D eigenvalue weighted by atomic mass is 16.5. The molecule has 0 aromatic heterocycles. The Balaban J connectivity index is 1.62. The molecule has 3 rings (SSSR count). The third-order valence-electron chi connectivity index (χ3n) is 4.35. The van der Waals surface area contributed by atoms with Gasteiger partial charge in [0.15, 0.2) is 6.61 Å². The molecule has 0 unspecified atom stereocenters. The van der Waals surface area contributed by atoms with Crippen LogP contribution >= 0.6 is 0 Å². The zero-order valence-corrected chi connectivity index (χ0v) is 14.9. The predicted molar refractivity (Wildman–Crippen MR) is 102 cm³/mol. The van der Waals surface area contributed by atoms with Crippen molar-refractivity contribution >= 4 is 16.7 Å². The molecule has 0 saturated heterocycles. The number of hydrogen-bond donors (Lipinski definition) is 1. The van der Waals surface area contributed by atoms with Crippen LogP contribution in [0.25, 0.3) is 10.8 Å². The Kier molecular flexibility index (Phi) is 5.03. The lowest BCUT2D eigenvalue weighted by atomic mass is 10.0. The Bertz CT molecular complexity index is 901. The first kappa shape index (κ1) is 17.0. The predicted octanol–water partition coefficient (Wildman–Crippen LogP) is 4.71. The quantitative estimate of drug-likeness (QED) is 0.734. The molecule has 25 heavy (non-hydrogen) atoms. The van der Waals surface area contributed by atoms with Crippen LogP contribution in [0.1, 0.15) is 29.7 Å². The highest BCUT2D eigenvalue weighted by Gasteiger charge is 2.11. The van der Waals surface area contributed by atoms with Gasteiger partial charge in [0, 0.05) is 0 Å². The highest BCUT2D eigenvalue weighted by molar-refractivity contribution is 5.83. The van der Waals surface area contributed by atoms with Crippen molar-refractivity contribution in [3.63, 3.8) is 0 Å². The van der Waals surface area contributed by atoms with E-state index in [2.05, 4.69) is 35.6 Å². The molecule has 3 aromatic carbocycles. The molecule has 3 aromatic rings. The van der Waals surface area contributed by atoms with Crippen molar-refractivity contribution in [3.05, 3.63) is 77.4 Å². The van der Waals surface area contributed by atoms with Gasteiger partial charge in [-0.15, -0.1) is 0 Å². The number of rotatable bonds is 5. The normalized spacial score (nSPS) is 12.0. The van der Waals surface area contributed by atoms with E-state index in [0.717, 1.165) is 22.4 Å². The maximum atomic E-state index is 12.2. The van der Waals surface area contributed by atoms with E-state index in [-0.39, 0.29) is 18.6 Å². The number of hydrogen-bond acceptors (Lipinski definition) is 2. The number of nitrogens with one attached hydrogen (secondary N) is 1. The van der Waals surface area contributed by atoms with Crippen LogP contribution in [0, 0.1) is 13.8 Å². The zero-order chi connectivity index (χ0) is 17.8. The molecule has 1 amide bonds. The van der Waals surface area contributed by atoms with E-state index < -0.39 is 0 Å². The van der Waals surface area contributed by atoms with Gasteiger partial charge in [0.25, 0.3) is 5.91 Å². The van der Waals surface area contributed by atoms with Gasteiger partial charge in [-0.05, 0) is 60.4 Å². The van der Waals surface area contributed by atoms with E-state index in [4.69, 9.17) is 4.74 Å². The molecule has 3 heteroatoms. The minimum absolute atomic E-state index is 0.0161. The summed E-state index contributed by atoms with van der Waals surface area (Å²) in [7, 11) is 0. The lowest BCUT2D eigenvalue weighted by Crippen LogP contribution is -2.31. The minimum Gasteiger partial charge on any atom is -0.483 e. The summed E-state index contributed by atoms with van der Waals surface area (Å²) < 4.78 is 5.67. The molecule has 3 nitrogen and oxygen atoms in total. The average molecular weight is 333 g/mol. The Morgan fingerprint density at radius 3 is 2.56 bits per heavy atom. The summed E-state index contributed by atoms with van der Waals surface area (Å²) >= 11 is 0. The van der Waals surface area contributed by atoms with Crippen LogP contribution in [0.2, 0.25) is 0 Å². The van der Waals surface area contributed by atoms with E-state index in [1.165, 1.54) is 10.8 Å². The van der Waals surface area contributed by atoms with Crippen LogP contribution in [0.3, 0.4) is 0 Å². The molecule has 0 heterocycles. The first-order valence-corrected chi connectivity index (χ1v) is 8.51. The van der Waals surface area contributed by atoms with Gasteiger partial charge in [-0.3, -0.25) is 4.79 Å². The summed E-state index contributed by atoms with van der Waals surface area (Å²) in [6, 6.07) is 20.4. The zero-order valence-electron chi connectivity index (χ0n) is 14.9. The number of carbonyl (C=O) groups excluding carboxylic acids is 1. The number of carbonyl (C=O) groups is 1. The second kappa shape index (κ2) is 7.39. The van der Waals surface area contributed by atoms with Crippen LogP contribution in [0.5, 0.6) is 5.75 Å². The van der Waals surface area contributed by atoms with Crippen molar-refractivity contribution in [1.82, 2.24) is 5.32 Å². The topological polar surface area (TPSA) is 38.3 Å². The van der Waals surface area contributed by atoms with Gasteiger partial charge < -0.3 is 10.1 Å². The molecule has 0 fully saturated rings. The fourth-order valence-corrected chi connectivity index (χ4v) is 2.85. The Morgan fingerprint density at radius 2 is 1.76 bits per heavy atom. The molecule has 0 aliphatic carbocycles. The summed E-state index contributed by atoms with van der Waals surface area (Å²) in [6.07, 6.45) is 0. The van der Waals surface area contributed by atoms with Gasteiger partial charge in [0.05, 0.1) is 6.04 Å². The van der Waals surface area contributed by atoms with E-state index >= 15 is 0 Å². The minimum atomic E-state index is -0.124. The van der Waals surface area contributed by atoms with Gasteiger partial charge in [-0.25, -0.2) is 0 Å². The maximum absolute atomic E-state index is 12.2.